The van der Waals surface area contributed by atoms with Crippen molar-refractivity contribution in [3.05, 3.63) is 18.0 Å². The second-order valence-electron chi connectivity index (χ2n) is 5.01. The lowest BCUT2D eigenvalue weighted by atomic mass is 10.1. The van der Waals surface area contributed by atoms with Gasteiger partial charge in [-0.1, -0.05) is 13.8 Å². The molecule has 1 saturated heterocycles. The van der Waals surface area contributed by atoms with Crippen LogP contribution >= 0.6 is 0 Å². The minimum atomic E-state index is -0.551. The first-order valence-electron chi connectivity index (χ1n) is 7.16. The average molecular weight is 268 g/mol. The molecule has 1 aliphatic heterocycles. The molecule has 0 saturated carbocycles. The van der Waals surface area contributed by atoms with Crippen molar-refractivity contribution in [1.29, 1.82) is 0 Å². The summed E-state index contributed by atoms with van der Waals surface area (Å²) < 4.78 is 12.8. The molecule has 5 nitrogen and oxygen atoms in total. The molecule has 5 heteroatoms. The molecule has 1 N–H and O–H groups in total. The third-order valence-electron chi connectivity index (χ3n) is 3.67. The molecule has 0 bridgehead atoms. The zero-order valence-corrected chi connectivity index (χ0v) is 11.8. The zero-order chi connectivity index (χ0) is 13.7. The number of aliphatic hydroxyl groups is 1. The van der Waals surface area contributed by atoms with E-state index >= 15 is 0 Å². The lowest BCUT2D eigenvalue weighted by Crippen LogP contribution is -2.39. The summed E-state index contributed by atoms with van der Waals surface area (Å²) in [6, 6.07) is 2.42. The van der Waals surface area contributed by atoms with Gasteiger partial charge in [0, 0.05) is 12.6 Å². The van der Waals surface area contributed by atoms with E-state index in [9.17, 15) is 5.11 Å². The van der Waals surface area contributed by atoms with Gasteiger partial charge in [0.25, 0.3) is 0 Å². The van der Waals surface area contributed by atoms with Gasteiger partial charge in [-0.05, 0) is 18.9 Å². The van der Waals surface area contributed by atoms with E-state index in [-0.39, 0.29) is 6.10 Å². The fourth-order valence-corrected chi connectivity index (χ4v) is 2.43. The number of aromatic nitrogens is 2. The Morgan fingerprint density at radius 2 is 2.21 bits per heavy atom. The van der Waals surface area contributed by atoms with Gasteiger partial charge in [-0.3, -0.25) is 4.68 Å². The fraction of sp³-hybridized carbons (Fsp3) is 0.786. The maximum Gasteiger partial charge on any atom is 0.107 e. The SMILES string of the molecule is CCC(CC)n1ccc(CC(O)C2COCCO2)n1. The van der Waals surface area contributed by atoms with Crippen molar-refractivity contribution >= 4 is 0 Å². The van der Waals surface area contributed by atoms with Crippen molar-refractivity contribution in [2.24, 2.45) is 0 Å². The van der Waals surface area contributed by atoms with Crippen LogP contribution in [0.5, 0.6) is 0 Å². The molecule has 1 aromatic heterocycles. The van der Waals surface area contributed by atoms with Crippen LogP contribution in [0.4, 0.5) is 0 Å². The summed E-state index contributed by atoms with van der Waals surface area (Å²) in [6.07, 6.45) is 3.87. The molecule has 2 atom stereocenters. The van der Waals surface area contributed by atoms with Crippen LogP contribution in [0.1, 0.15) is 38.4 Å². The average Bonchev–Trinajstić information content (AvgIpc) is 2.89. The molecule has 2 unspecified atom stereocenters. The monoisotopic (exact) mass is 268 g/mol. The van der Waals surface area contributed by atoms with E-state index in [1.807, 2.05) is 16.9 Å². The van der Waals surface area contributed by atoms with Gasteiger partial charge in [-0.25, -0.2) is 0 Å². The molecule has 0 radical (unpaired) electrons. The summed E-state index contributed by atoms with van der Waals surface area (Å²) in [7, 11) is 0. The molecule has 0 amide bonds. The maximum absolute atomic E-state index is 10.1. The number of hydrogen-bond donors (Lipinski definition) is 1. The highest BCUT2D eigenvalue weighted by Crippen LogP contribution is 2.16. The topological polar surface area (TPSA) is 56.5 Å². The molecule has 0 spiro atoms. The fourth-order valence-electron chi connectivity index (χ4n) is 2.43. The highest BCUT2D eigenvalue weighted by atomic mass is 16.6. The maximum atomic E-state index is 10.1. The van der Waals surface area contributed by atoms with Crippen molar-refractivity contribution in [3.8, 4) is 0 Å². The number of aliphatic hydroxyl groups excluding tert-OH is 1. The van der Waals surface area contributed by atoms with Gasteiger partial charge in [0.2, 0.25) is 0 Å². The van der Waals surface area contributed by atoms with Crippen LogP contribution in [0.15, 0.2) is 12.3 Å². The number of nitrogens with zero attached hydrogens (tertiary/aromatic N) is 2. The largest absolute Gasteiger partial charge is 0.390 e. The number of hydrogen-bond acceptors (Lipinski definition) is 4. The quantitative estimate of drug-likeness (QED) is 0.850. The predicted molar refractivity (Wildman–Crippen MR) is 72.1 cm³/mol. The van der Waals surface area contributed by atoms with Crippen molar-refractivity contribution in [3.63, 3.8) is 0 Å². The highest BCUT2D eigenvalue weighted by Gasteiger charge is 2.24. The van der Waals surface area contributed by atoms with Gasteiger partial charge in [-0.2, -0.15) is 5.10 Å². The second-order valence-corrected chi connectivity index (χ2v) is 5.01. The van der Waals surface area contributed by atoms with Crippen LogP contribution < -0.4 is 0 Å². The number of rotatable bonds is 6. The van der Waals surface area contributed by atoms with E-state index in [2.05, 4.69) is 18.9 Å². The summed E-state index contributed by atoms with van der Waals surface area (Å²) in [4.78, 5) is 0. The van der Waals surface area contributed by atoms with E-state index < -0.39 is 6.10 Å². The van der Waals surface area contributed by atoms with Gasteiger partial charge in [0.1, 0.15) is 6.10 Å². The van der Waals surface area contributed by atoms with Gasteiger partial charge < -0.3 is 14.6 Å². The molecular weight excluding hydrogens is 244 g/mol. The Morgan fingerprint density at radius 3 is 2.84 bits per heavy atom. The Labute approximate surface area is 114 Å². The lowest BCUT2D eigenvalue weighted by Gasteiger charge is -2.26. The van der Waals surface area contributed by atoms with Crippen LogP contribution in [-0.4, -0.2) is 46.9 Å². The predicted octanol–water partition coefficient (Wildman–Crippen LogP) is 1.56. The van der Waals surface area contributed by atoms with Gasteiger partial charge in [0.05, 0.1) is 37.7 Å². The lowest BCUT2D eigenvalue weighted by molar-refractivity contribution is -0.131. The molecule has 1 aliphatic rings. The Bertz CT molecular complexity index is 371. The Kier molecular flexibility index (Phi) is 5.36. The van der Waals surface area contributed by atoms with Gasteiger partial charge in [-0.15, -0.1) is 0 Å². The van der Waals surface area contributed by atoms with Crippen LogP contribution in [-0.2, 0) is 15.9 Å². The van der Waals surface area contributed by atoms with Crippen LogP contribution in [0.25, 0.3) is 0 Å². The highest BCUT2D eigenvalue weighted by molar-refractivity contribution is 5.02. The van der Waals surface area contributed by atoms with Gasteiger partial charge >= 0.3 is 0 Å². The minimum Gasteiger partial charge on any atom is -0.390 e. The van der Waals surface area contributed by atoms with E-state index in [0.717, 1.165) is 18.5 Å². The molecule has 2 rings (SSSR count). The number of ether oxygens (including phenoxy) is 2. The Hall–Kier alpha value is -0.910. The summed E-state index contributed by atoms with van der Waals surface area (Å²) in [5, 5.41) is 14.7. The molecule has 0 aliphatic carbocycles. The molecule has 19 heavy (non-hydrogen) atoms. The summed E-state index contributed by atoms with van der Waals surface area (Å²) in [5.41, 5.74) is 0.911. The summed E-state index contributed by atoms with van der Waals surface area (Å²) in [6.45, 7) is 5.97. The first-order chi connectivity index (χ1) is 9.24. The smallest absolute Gasteiger partial charge is 0.107 e. The first-order valence-corrected chi connectivity index (χ1v) is 7.16. The van der Waals surface area contributed by atoms with Crippen molar-refractivity contribution in [2.75, 3.05) is 19.8 Å². The van der Waals surface area contributed by atoms with E-state index in [4.69, 9.17) is 9.47 Å². The van der Waals surface area contributed by atoms with Crippen LogP contribution in [0.3, 0.4) is 0 Å². The first kappa shape index (κ1) is 14.5. The Morgan fingerprint density at radius 1 is 1.42 bits per heavy atom. The van der Waals surface area contributed by atoms with Crippen LogP contribution in [0.2, 0.25) is 0 Å². The molecule has 108 valence electrons. The Balaban J connectivity index is 1.91. The third-order valence-corrected chi connectivity index (χ3v) is 3.67. The summed E-state index contributed by atoms with van der Waals surface area (Å²) >= 11 is 0. The zero-order valence-electron chi connectivity index (χ0n) is 11.8. The third kappa shape index (κ3) is 3.78. The normalized spacial score (nSPS) is 21.8. The van der Waals surface area contributed by atoms with E-state index in [0.29, 0.717) is 32.3 Å². The summed E-state index contributed by atoms with van der Waals surface area (Å²) in [5.74, 6) is 0. The van der Waals surface area contributed by atoms with Gasteiger partial charge in [0.15, 0.2) is 0 Å². The minimum absolute atomic E-state index is 0.230. The molecule has 2 heterocycles. The van der Waals surface area contributed by atoms with E-state index in [1.165, 1.54) is 0 Å². The molecule has 0 aromatic carbocycles. The standard InChI is InChI=1S/C14H24N2O3/c1-3-12(4-2)16-6-5-11(15-16)9-13(17)14-10-18-7-8-19-14/h5-6,12-14,17H,3-4,7-10H2,1-2H3. The van der Waals surface area contributed by atoms with Crippen molar-refractivity contribution < 1.29 is 14.6 Å². The van der Waals surface area contributed by atoms with Crippen LogP contribution in [0, 0.1) is 0 Å². The second kappa shape index (κ2) is 7.03. The molecule has 1 fully saturated rings. The van der Waals surface area contributed by atoms with Crippen molar-refractivity contribution in [1.82, 2.24) is 9.78 Å². The van der Waals surface area contributed by atoms with E-state index in [1.54, 1.807) is 0 Å². The molecule has 1 aromatic rings. The molecular formula is C14H24N2O3. The van der Waals surface area contributed by atoms with Crippen molar-refractivity contribution in [2.45, 2.75) is 51.4 Å².